The Morgan fingerprint density at radius 3 is 2.45 bits per heavy atom. The second-order valence-electron chi connectivity index (χ2n) is 7.56. The van der Waals surface area contributed by atoms with E-state index in [4.69, 9.17) is 25.8 Å². The topological polar surface area (TPSA) is 55.3 Å². The van der Waals surface area contributed by atoms with Crippen molar-refractivity contribution in [1.82, 2.24) is 10.2 Å². The molecule has 1 heterocycles. The Morgan fingerprint density at radius 2 is 1.77 bits per heavy atom. The summed E-state index contributed by atoms with van der Waals surface area (Å²) < 4.78 is 17.1. The van der Waals surface area contributed by atoms with Crippen molar-refractivity contribution in [2.45, 2.75) is 32.1 Å². The van der Waals surface area contributed by atoms with Gasteiger partial charge in [-0.2, -0.15) is 0 Å². The van der Waals surface area contributed by atoms with Gasteiger partial charge in [0.05, 0.1) is 19.3 Å². The highest BCUT2D eigenvalue weighted by Crippen LogP contribution is 2.16. The van der Waals surface area contributed by atoms with Crippen LogP contribution >= 0.6 is 11.6 Å². The Labute approximate surface area is 190 Å². The van der Waals surface area contributed by atoms with E-state index >= 15 is 0 Å². The Morgan fingerprint density at radius 1 is 1.10 bits per heavy atom. The minimum atomic E-state index is 0.317. The molecule has 0 spiro atoms. The van der Waals surface area contributed by atoms with Crippen molar-refractivity contribution in [3.63, 3.8) is 0 Å². The first-order chi connectivity index (χ1) is 15.1. The van der Waals surface area contributed by atoms with Gasteiger partial charge in [0.1, 0.15) is 12.4 Å². The van der Waals surface area contributed by atoms with Crippen LogP contribution in [0.5, 0.6) is 5.75 Å². The van der Waals surface area contributed by atoms with Gasteiger partial charge in [0, 0.05) is 38.9 Å². The summed E-state index contributed by atoms with van der Waals surface area (Å²) in [7, 11) is 3.78. The van der Waals surface area contributed by atoms with E-state index in [1.165, 1.54) is 11.1 Å². The third-order valence-corrected chi connectivity index (χ3v) is 5.46. The summed E-state index contributed by atoms with van der Waals surface area (Å²) in [4.78, 5) is 6.41. The van der Waals surface area contributed by atoms with Crippen LogP contribution in [0.3, 0.4) is 0 Å². The quantitative estimate of drug-likeness (QED) is 0.464. The highest BCUT2D eigenvalue weighted by Gasteiger charge is 2.14. The van der Waals surface area contributed by atoms with Crippen LogP contribution in [-0.2, 0) is 22.6 Å². The van der Waals surface area contributed by atoms with Crippen molar-refractivity contribution in [1.29, 1.82) is 0 Å². The van der Waals surface area contributed by atoms with Crippen LogP contribution in [0.1, 0.15) is 24.0 Å². The molecule has 2 aromatic carbocycles. The largest absolute Gasteiger partial charge is 0.492 e. The number of hydrogen-bond acceptors (Lipinski definition) is 4. The van der Waals surface area contributed by atoms with Gasteiger partial charge < -0.3 is 24.4 Å². The van der Waals surface area contributed by atoms with Crippen LogP contribution < -0.4 is 10.1 Å². The van der Waals surface area contributed by atoms with Crippen molar-refractivity contribution in [3.05, 3.63) is 64.7 Å². The lowest BCUT2D eigenvalue weighted by Gasteiger charge is -2.23. The van der Waals surface area contributed by atoms with E-state index in [1.807, 2.05) is 36.2 Å². The summed E-state index contributed by atoms with van der Waals surface area (Å²) in [6.45, 7) is 4.23. The van der Waals surface area contributed by atoms with Gasteiger partial charge in [-0.25, -0.2) is 0 Å². The van der Waals surface area contributed by atoms with E-state index in [1.54, 1.807) is 7.05 Å². The van der Waals surface area contributed by atoms with Gasteiger partial charge in [-0.15, -0.1) is 0 Å². The van der Waals surface area contributed by atoms with Crippen LogP contribution in [0.15, 0.2) is 53.5 Å². The average molecular weight is 446 g/mol. The number of ether oxygens (including phenoxy) is 3. The molecule has 2 aromatic rings. The standard InChI is InChI=1S/C24H32ClN3O3/c1-26-24(28(2)13-16-30-22-9-7-21(25)8-10-22)27-17-19-3-5-20(6-4-19)18-31-23-11-14-29-15-12-23/h3-10,23H,11-18H2,1-2H3,(H,26,27). The fourth-order valence-electron chi connectivity index (χ4n) is 3.31. The molecule has 1 aliphatic rings. The molecule has 1 fully saturated rings. The SMILES string of the molecule is CN=C(NCc1ccc(COC2CCOCC2)cc1)N(C)CCOc1ccc(Cl)cc1. The van der Waals surface area contributed by atoms with E-state index in [9.17, 15) is 0 Å². The smallest absolute Gasteiger partial charge is 0.193 e. The normalized spacial score (nSPS) is 15.0. The number of nitrogens with zero attached hydrogens (tertiary/aromatic N) is 2. The number of rotatable bonds is 9. The van der Waals surface area contributed by atoms with Crippen LogP contribution in [0.25, 0.3) is 0 Å². The van der Waals surface area contributed by atoms with Crippen LogP contribution in [0.2, 0.25) is 5.02 Å². The van der Waals surface area contributed by atoms with Crippen LogP contribution in [0.4, 0.5) is 0 Å². The number of nitrogens with one attached hydrogen (secondary N) is 1. The number of hydrogen-bond donors (Lipinski definition) is 1. The molecule has 0 unspecified atom stereocenters. The molecule has 6 nitrogen and oxygen atoms in total. The molecule has 1 saturated heterocycles. The molecule has 0 bridgehead atoms. The Balaban J connectivity index is 1.38. The second-order valence-corrected chi connectivity index (χ2v) is 8.00. The Bertz CT molecular complexity index is 806. The molecule has 3 rings (SSSR count). The van der Waals surface area contributed by atoms with E-state index in [-0.39, 0.29) is 0 Å². The summed E-state index contributed by atoms with van der Waals surface area (Å²) in [5, 5.41) is 4.11. The lowest BCUT2D eigenvalue weighted by Crippen LogP contribution is -2.40. The molecular weight excluding hydrogens is 414 g/mol. The number of likely N-dealkylation sites (N-methyl/N-ethyl adjacent to an activating group) is 1. The Kier molecular flexibility index (Phi) is 9.46. The van der Waals surface area contributed by atoms with Crippen LogP contribution in [-0.4, -0.2) is 57.4 Å². The minimum Gasteiger partial charge on any atom is -0.492 e. The predicted octanol–water partition coefficient (Wildman–Crippen LogP) is 4.12. The summed E-state index contributed by atoms with van der Waals surface area (Å²) in [6.07, 6.45) is 2.29. The van der Waals surface area contributed by atoms with E-state index < -0.39 is 0 Å². The maximum Gasteiger partial charge on any atom is 0.193 e. The van der Waals surface area contributed by atoms with E-state index in [0.29, 0.717) is 37.4 Å². The molecule has 0 aliphatic carbocycles. The third kappa shape index (κ3) is 8.05. The molecule has 1 N–H and O–H groups in total. The second kappa shape index (κ2) is 12.5. The predicted molar refractivity (Wildman–Crippen MR) is 125 cm³/mol. The van der Waals surface area contributed by atoms with E-state index in [2.05, 4.69) is 34.6 Å². The summed E-state index contributed by atoms with van der Waals surface area (Å²) in [5.74, 6) is 1.63. The van der Waals surface area contributed by atoms with Crippen LogP contribution in [0, 0.1) is 0 Å². The van der Waals surface area contributed by atoms with Crippen molar-refractivity contribution in [3.8, 4) is 5.75 Å². The first-order valence-electron chi connectivity index (χ1n) is 10.7. The van der Waals surface area contributed by atoms with Crippen molar-refractivity contribution < 1.29 is 14.2 Å². The first kappa shape index (κ1) is 23.4. The molecule has 31 heavy (non-hydrogen) atoms. The summed E-state index contributed by atoms with van der Waals surface area (Å²) in [5.41, 5.74) is 2.39. The maximum atomic E-state index is 5.99. The summed E-state index contributed by atoms with van der Waals surface area (Å²) in [6, 6.07) is 15.9. The summed E-state index contributed by atoms with van der Waals surface area (Å²) >= 11 is 5.90. The number of guanidine groups is 1. The molecule has 1 aliphatic heterocycles. The molecule has 168 valence electrons. The molecule has 0 amide bonds. The zero-order valence-electron chi connectivity index (χ0n) is 18.4. The van der Waals surface area contributed by atoms with Gasteiger partial charge in [0.15, 0.2) is 5.96 Å². The molecule has 7 heteroatoms. The fraction of sp³-hybridized carbons (Fsp3) is 0.458. The molecule has 0 aromatic heterocycles. The zero-order chi connectivity index (χ0) is 21.9. The van der Waals surface area contributed by atoms with E-state index in [0.717, 1.165) is 37.8 Å². The molecule has 0 radical (unpaired) electrons. The fourth-order valence-corrected chi connectivity index (χ4v) is 3.44. The van der Waals surface area contributed by atoms with Crippen molar-refractivity contribution in [2.24, 2.45) is 4.99 Å². The van der Waals surface area contributed by atoms with Crippen molar-refractivity contribution in [2.75, 3.05) is 40.5 Å². The monoisotopic (exact) mass is 445 g/mol. The third-order valence-electron chi connectivity index (χ3n) is 5.21. The number of aliphatic imine (C=N–C) groups is 1. The molecule has 0 saturated carbocycles. The lowest BCUT2D eigenvalue weighted by atomic mass is 10.1. The highest BCUT2D eigenvalue weighted by atomic mass is 35.5. The molecular formula is C24H32ClN3O3. The van der Waals surface area contributed by atoms with Gasteiger partial charge in [-0.05, 0) is 48.2 Å². The Hall–Kier alpha value is -2.28. The number of benzene rings is 2. The zero-order valence-corrected chi connectivity index (χ0v) is 19.1. The van der Waals surface area contributed by atoms with Gasteiger partial charge in [-0.1, -0.05) is 35.9 Å². The first-order valence-corrected chi connectivity index (χ1v) is 11.1. The number of halogens is 1. The van der Waals surface area contributed by atoms with Gasteiger partial charge in [0.2, 0.25) is 0 Å². The van der Waals surface area contributed by atoms with Gasteiger partial charge >= 0.3 is 0 Å². The minimum absolute atomic E-state index is 0.317. The van der Waals surface area contributed by atoms with Gasteiger partial charge in [0.25, 0.3) is 0 Å². The maximum absolute atomic E-state index is 5.99. The lowest BCUT2D eigenvalue weighted by molar-refractivity contribution is -0.0390. The highest BCUT2D eigenvalue weighted by molar-refractivity contribution is 6.30. The van der Waals surface area contributed by atoms with Gasteiger partial charge in [-0.3, -0.25) is 4.99 Å². The van der Waals surface area contributed by atoms with Crippen molar-refractivity contribution >= 4 is 17.6 Å². The molecule has 0 atom stereocenters. The average Bonchev–Trinajstić information content (AvgIpc) is 2.81.